The van der Waals surface area contributed by atoms with Crippen molar-refractivity contribution in [3.8, 4) is 0 Å². The van der Waals surface area contributed by atoms with Crippen LogP contribution in [-0.4, -0.2) is 23.6 Å². The number of nitrogens with zero attached hydrogens (tertiary/aromatic N) is 2. The number of anilines is 2. The largest absolute Gasteiger partial charge is 0.274 e. The van der Waals surface area contributed by atoms with E-state index in [1.165, 1.54) is 9.80 Å². The molecule has 0 spiro atoms. The van der Waals surface area contributed by atoms with Gasteiger partial charge in [-0.05, 0) is 86.5 Å². The number of rotatable bonds is 2. The molecule has 7 rings (SSSR count). The molecule has 6 aliphatic rings. The van der Waals surface area contributed by atoms with E-state index in [0.717, 1.165) is 38.5 Å². The van der Waals surface area contributed by atoms with Crippen LogP contribution in [0.5, 0.6) is 0 Å². The molecular weight excluding hydrogens is 380 g/mol. The number of amides is 4. The Morgan fingerprint density at radius 2 is 0.767 bits per heavy atom. The van der Waals surface area contributed by atoms with Gasteiger partial charge in [-0.3, -0.25) is 29.0 Å². The third-order valence-corrected chi connectivity index (χ3v) is 9.22. The summed E-state index contributed by atoms with van der Waals surface area (Å²) in [6.07, 6.45) is 6.26. The average molecular weight is 404 g/mol. The highest BCUT2D eigenvalue weighted by Gasteiger charge is 2.62. The van der Waals surface area contributed by atoms with Gasteiger partial charge in [0.15, 0.2) is 0 Å². The van der Waals surface area contributed by atoms with Crippen molar-refractivity contribution in [1.29, 1.82) is 0 Å². The predicted molar refractivity (Wildman–Crippen MR) is 107 cm³/mol. The van der Waals surface area contributed by atoms with Gasteiger partial charge in [-0.15, -0.1) is 0 Å². The van der Waals surface area contributed by atoms with Gasteiger partial charge >= 0.3 is 0 Å². The third-order valence-electron chi connectivity index (χ3n) is 9.22. The Labute approximate surface area is 174 Å². The summed E-state index contributed by atoms with van der Waals surface area (Å²) in [6.45, 7) is 0. The predicted octanol–water partition coefficient (Wildman–Crippen LogP) is 2.76. The van der Waals surface area contributed by atoms with E-state index in [4.69, 9.17) is 0 Å². The van der Waals surface area contributed by atoms with Gasteiger partial charge in [0, 0.05) is 0 Å². The quantitative estimate of drug-likeness (QED) is 0.711. The molecular formula is C24H24N2O4. The van der Waals surface area contributed by atoms with Gasteiger partial charge in [-0.25, -0.2) is 0 Å². The van der Waals surface area contributed by atoms with Crippen LogP contribution in [0.4, 0.5) is 11.4 Å². The Hall–Kier alpha value is -2.50. The van der Waals surface area contributed by atoms with Crippen molar-refractivity contribution in [2.75, 3.05) is 9.80 Å². The molecule has 30 heavy (non-hydrogen) atoms. The van der Waals surface area contributed by atoms with E-state index in [-0.39, 0.29) is 47.3 Å². The van der Waals surface area contributed by atoms with Gasteiger partial charge < -0.3 is 0 Å². The summed E-state index contributed by atoms with van der Waals surface area (Å²) in [6, 6.07) is 6.88. The van der Waals surface area contributed by atoms with E-state index in [1.54, 1.807) is 24.3 Å². The maximum Gasteiger partial charge on any atom is 0.237 e. The average Bonchev–Trinajstić information content (AvgIpc) is 3.56. The zero-order valence-corrected chi connectivity index (χ0v) is 16.7. The molecule has 0 N–H and O–H groups in total. The van der Waals surface area contributed by atoms with Gasteiger partial charge in [-0.1, -0.05) is 0 Å². The fraction of sp³-hybridized carbons (Fsp3) is 0.583. The Bertz CT molecular complexity index is 880. The van der Waals surface area contributed by atoms with Gasteiger partial charge in [0.25, 0.3) is 0 Å². The number of imide groups is 2. The van der Waals surface area contributed by atoms with E-state index < -0.39 is 0 Å². The van der Waals surface area contributed by atoms with Crippen LogP contribution in [0.1, 0.15) is 38.5 Å². The molecule has 4 amide bonds. The maximum atomic E-state index is 13.0. The lowest BCUT2D eigenvalue weighted by Gasteiger charge is -2.20. The SMILES string of the molecule is O=C1[C@@H]2[C@H]3CC[C@@H](C3)[C@H]2C(=O)N1c1ccc(N2C(=O)[C@@H]3[C@H]4CC[C@@H](C4)[C@H]3C2=O)cc1. The molecule has 0 aromatic heterocycles. The maximum absolute atomic E-state index is 13.0. The van der Waals surface area contributed by atoms with E-state index in [1.807, 2.05) is 0 Å². The topological polar surface area (TPSA) is 74.8 Å². The highest BCUT2D eigenvalue weighted by atomic mass is 16.2. The van der Waals surface area contributed by atoms with Crippen LogP contribution in [0, 0.1) is 47.3 Å². The zero-order valence-electron chi connectivity index (χ0n) is 16.7. The fourth-order valence-corrected chi connectivity index (χ4v) is 8.08. The number of hydrogen-bond acceptors (Lipinski definition) is 4. The van der Waals surface area contributed by atoms with E-state index in [0.29, 0.717) is 35.0 Å². The molecule has 0 unspecified atom stereocenters. The second kappa shape index (κ2) is 5.59. The first-order valence-corrected chi connectivity index (χ1v) is 11.4. The first-order chi connectivity index (χ1) is 14.5. The summed E-state index contributed by atoms with van der Waals surface area (Å²) in [5.41, 5.74) is 1.11. The molecule has 4 saturated carbocycles. The highest BCUT2D eigenvalue weighted by Crippen LogP contribution is 2.58. The summed E-state index contributed by atoms with van der Waals surface area (Å²) < 4.78 is 0. The van der Waals surface area contributed by atoms with Crippen LogP contribution >= 0.6 is 0 Å². The monoisotopic (exact) mass is 404 g/mol. The molecule has 6 heteroatoms. The van der Waals surface area contributed by atoms with Gasteiger partial charge in [-0.2, -0.15) is 0 Å². The normalized spacial score (nSPS) is 43.3. The molecule has 0 radical (unpaired) electrons. The van der Waals surface area contributed by atoms with Crippen LogP contribution in [-0.2, 0) is 19.2 Å². The van der Waals surface area contributed by atoms with Gasteiger partial charge in [0.2, 0.25) is 23.6 Å². The van der Waals surface area contributed by atoms with Crippen LogP contribution in [0.15, 0.2) is 24.3 Å². The molecule has 1 aromatic carbocycles. The summed E-state index contributed by atoms with van der Waals surface area (Å²) >= 11 is 0. The van der Waals surface area contributed by atoms with Crippen LogP contribution < -0.4 is 9.80 Å². The van der Waals surface area contributed by atoms with Gasteiger partial charge in [0.05, 0.1) is 35.0 Å². The Morgan fingerprint density at radius 1 is 0.500 bits per heavy atom. The molecule has 4 bridgehead atoms. The number of benzene rings is 1. The van der Waals surface area contributed by atoms with E-state index >= 15 is 0 Å². The van der Waals surface area contributed by atoms with E-state index in [9.17, 15) is 19.2 Å². The van der Waals surface area contributed by atoms with Crippen molar-refractivity contribution in [2.45, 2.75) is 38.5 Å². The number of carbonyl (C=O) groups is 4. The first-order valence-electron chi connectivity index (χ1n) is 11.4. The summed E-state index contributed by atoms with van der Waals surface area (Å²) in [7, 11) is 0. The zero-order chi connectivity index (χ0) is 20.3. The Morgan fingerprint density at radius 3 is 1.03 bits per heavy atom. The molecule has 8 atom stereocenters. The van der Waals surface area contributed by atoms with Crippen molar-refractivity contribution >= 4 is 35.0 Å². The molecule has 2 heterocycles. The fourth-order valence-electron chi connectivity index (χ4n) is 8.08. The molecule has 6 nitrogen and oxygen atoms in total. The lowest BCUT2D eigenvalue weighted by Crippen LogP contribution is -2.34. The van der Waals surface area contributed by atoms with Crippen LogP contribution in [0.2, 0.25) is 0 Å². The molecule has 154 valence electrons. The van der Waals surface area contributed by atoms with Crippen molar-refractivity contribution in [3.05, 3.63) is 24.3 Å². The van der Waals surface area contributed by atoms with E-state index in [2.05, 4.69) is 0 Å². The second-order valence-electron chi connectivity index (χ2n) is 10.3. The lowest BCUT2D eigenvalue weighted by molar-refractivity contribution is -0.124. The van der Waals surface area contributed by atoms with Crippen molar-refractivity contribution in [2.24, 2.45) is 47.3 Å². The van der Waals surface area contributed by atoms with Crippen LogP contribution in [0.3, 0.4) is 0 Å². The number of hydrogen-bond donors (Lipinski definition) is 0. The lowest BCUT2D eigenvalue weighted by atomic mass is 9.81. The minimum atomic E-state index is -0.146. The molecule has 2 aliphatic heterocycles. The summed E-state index contributed by atoms with van der Waals surface area (Å²) in [4.78, 5) is 54.8. The summed E-state index contributed by atoms with van der Waals surface area (Å²) in [5.74, 6) is 0.582. The number of fused-ring (bicyclic) bond motifs is 10. The third kappa shape index (κ3) is 1.91. The van der Waals surface area contributed by atoms with Crippen molar-refractivity contribution in [1.82, 2.24) is 0 Å². The highest BCUT2D eigenvalue weighted by molar-refractivity contribution is 6.24. The number of carbonyl (C=O) groups excluding carboxylic acids is 4. The first kappa shape index (κ1) is 17.2. The van der Waals surface area contributed by atoms with Crippen molar-refractivity contribution in [3.63, 3.8) is 0 Å². The van der Waals surface area contributed by atoms with Crippen molar-refractivity contribution < 1.29 is 19.2 Å². The second-order valence-corrected chi connectivity index (χ2v) is 10.3. The molecule has 2 saturated heterocycles. The smallest absolute Gasteiger partial charge is 0.237 e. The Kier molecular flexibility index (Phi) is 3.21. The Balaban J connectivity index is 1.18. The summed E-state index contributed by atoms with van der Waals surface area (Å²) in [5, 5.41) is 0. The van der Waals surface area contributed by atoms with Gasteiger partial charge in [0.1, 0.15) is 0 Å². The minimum absolute atomic E-state index is 0.0654. The molecule has 1 aromatic rings. The standard InChI is InChI=1S/C24H24N2O4/c27-21-17-11-1-2-12(9-11)18(17)22(28)25(21)15-5-7-16(8-6-15)26-23(29)19-13-3-4-14(10-13)20(19)24(26)30/h5-8,11-14,17-20H,1-4,9-10H2/t11-,12-,13-,14-,17+,18+,19+,20+/m0/s1. The molecule has 4 aliphatic carbocycles. The molecule has 6 fully saturated rings. The minimum Gasteiger partial charge on any atom is -0.274 e. The van der Waals surface area contributed by atoms with Crippen LogP contribution in [0.25, 0.3) is 0 Å².